The maximum atomic E-state index is 14.3. The minimum Gasteiger partial charge on any atom is -0.497 e. The number of aromatic nitrogens is 7. The second kappa shape index (κ2) is 17.1. The van der Waals surface area contributed by atoms with Gasteiger partial charge in [0.15, 0.2) is 24.0 Å². The molecule has 59 heavy (non-hydrogen) atoms. The van der Waals surface area contributed by atoms with Crippen molar-refractivity contribution >= 4 is 57.9 Å². The van der Waals surface area contributed by atoms with Crippen molar-refractivity contribution in [2.24, 2.45) is 0 Å². The van der Waals surface area contributed by atoms with Crippen LogP contribution in [0.15, 0.2) is 52.8 Å². The van der Waals surface area contributed by atoms with E-state index in [1.165, 1.54) is 21.9 Å². The Balaban J connectivity index is 1.27. The summed E-state index contributed by atoms with van der Waals surface area (Å²) < 4.78 is 13.9. The van der Waals surface area contributed by atoms with Gasteiger partial charge in [-0.2, -0.15) is 0 Å². The van der Waals surface area contributed by atoms with Gasteiger partial charge in [0.2, 0.25) is 0 Å². The number of methoxy groups -OCH3 is 1. The number of carbonyl (C=O) groups excluding carboxylic acids is 3. The molecule has 1 fully saturated rings. The van der Waals surface area contributed by atoms with Crippen molar-refractivity contribution < 1.29 is 28.3 Å². The van der Waals surface area contributed by atoms with Gasteiger partial charge in [-0.25, -0.2) is 19.4 Å². The van der Waals surface area contributed by atoms with Crippen LogP contribution in [0.5, 0.6) is 5.75 Å². The van der Waals surface area contributed by atoms with Crippen LogP contribution in [0.3, 0.4) is 0 Å². The number of benzene rings is 1. The van der Waals surface area contributed by atoms with E-state index in [1.807, 2.05) is 69.4 Å². The number of anilines is 2. The SMILES string of the molecule is COc1ccc(Cn2nnnc2C=Cc2c(N3CCN(C(=O)C[N+](C)(C)CC(=O)OC(C)(C)C)CC3)nc3cc(C(=O)Nc4nc(C(C)(C)C)cs4)ccn3c2=O)cc1. The van der Waals surface area contributed by atoms with E-state index < -0.39 is 5.60 Å². The Kier molecular flexibility index (Phi) is 12.3. The first-order chi connectivity index (χ1) is 27.8. The molecule has 1 aliphatic rings. The van der Waals surface area contributed by atoms with Crippen molar-refractivity contribution in [3.8, 4) is 5.75 Å². The highest BCUT2D eigenvalue weighted by Gasteiger charge is 2.32. The Labute approximate surface area is 346 Å². The molecular weight excluding hydrogens is 775 g/mol. The largest absolute Gasteiger partial charge is 0.497 e. The van der Waals surface area contributed by atoms with E-state index in [1.54, 1.807) is 41.0 Å². The predicted molar refractivity (Wildman–Crippen MR) is 226 cm³/mol. The highest BCUT2D eigenvalue weighted by molar-refractivity contribution is 7.14. The highest BCUT2D eigenvalue weighted by Crippen LogP contribution is 2.27. The number of tetrazole rings is 1. The molecule has 312 valence electrons. The van der Waals surface area contributed by atoms with Crippen LogP contribution in [0.2, 0.25) is 0 Å². The summed E-state index contributed by atoms with van der Waals surface area (Å²) in [6.45, 7) is 13.6. The summed E-state index contributed by atoms with van der Waals surface area (Å²) in [5, 5.41) is 17.5. The average Bonchev–Trinajstić information content (AvgIpc) is 3.83. The lowest BCUT2D eigenvalue weighted by molar-refractivity contribution is -0.875. The molecular formula is C41H52N11O6S+. The number of likely N-dealkylation sites (N-methyl/N-ethyl adjacent to an activating group) is 1. The smallest absolute Gasteiger partial charge is 0.362 e. The molecule has 1 N–H and O–H groups in total. The number of nitrogens with one attached hydrogen (secondary N) is 1. The first-order valence-corrected chi connectivity index (χ1v) is 20.1. The number of nitrogens with zero attached hydrogens (tertiary/aromatic N) is 10. The second-order valence-electron chi connectivity index (χ2n) is 17.1. The van der Waals surface area contributed by atoms with Gasteiger partial charge in [0.05, 0.1) is 39.0 Å². The lowest BCUT2D eigenvalue weighted by atomic mass is 9.93. The zero-order valence-electron chi connectivity index (χ0n) is 35.1. The molecule has 5 heterocycles. The molecule has 5 aromatic rings. The summed E-state index contributed by atoms with van der Waals surface area (Å²) in [6.07, 6.45) is 4.85. The molecule has 2 amide bonds. The lowest BCUT2D eigenvalue weighted by Gasteiger charge is -2.37. The van der Waals surface area contributed by atoms with Crippen molar-refractivity contribution in [1.82, 2.24) is 39.5 Å². The van der Waals surface area contributed by atoms with Gasteiger partial charge in [-0.1, -0.05) is 32.9 Å². The molecule has 0 aliphatic carbocycles. The van der Waals surface area contributed by atoms with Crippen LogP contribution in [-0.4, -0.2) is 128 Å². The fourth-order valence-corrected chi connectivity index (χ4v) is 7.36. The van der Waals surface area contributed by atoms with E-state index in [4.69, 9.17) is 14.5 Å². The van der Waals surface area contributed by atoms with Crippen LogP contribution < -0.4 is 20.5 Å². The molecule has 1 aromatic carbocycles. The Bertz CT molecular complexity index is 2410. The molecule has 6 rings (SSSR count). The number of pyridine rings is 1. The Morgan fingerprint density at radius 2 is 1.66 bits per heavy atom. The number of hydrogen-bond acceptors (Lipinski definition) is 13. The number of hydrogen-bond donors (Lipinski definition) is 1. The zero-order chi connectivity index (χ0) is 42.7. The van der Waals surface area contributed by atoms with Gasteiger partial charge in [-0.15, -0.1) is 16.4 Å². The number of thiazole rings is 1. The van der Waals surface area contributed by atoms with Gasteiger partial charge in [-0.3, -0.25) is 24.1 Å². The summed E-state index contributed by atoms with van der Waals surface area (Å²) in [4.78, 5) is 67.1. The first kappa shape index (κ1) is 42.6. The van der Waals surface area contributed by atoms with E-state index >= 15 is 0 Å². The van der Waals surface area contributed by atoms with Crippen LogP contribution in [0, 0.1) is 0 Å². The topological polar surface area (TPSA) is 179 Å². The van der Waals surface area contributed by atoms with E-state index in [9.17, 15) is 19.2 Å². The molecule has 0 radical (unpaired) electrons. The molecule has 0 spiro atoms. The maximum Gasteiger partial charge on any atom is 0.362 e. The van der Waals surface area contributed by atoms with Crippen LogP contribution in [0.25, 0.3) is 17.8 Å². The summed E-state index contributed by atoms with van der Waals surface area (Å²) >= 11 is 1.35. The number of fused-ring (bicyclic) bond motifs is 1. The monoisotopic (exact) mass is 826 g/mol. The Hall–Kier alpha value is -6.01. The van der Waals surface area contributed by atoms with Crippen molar-refractivity contribution in [1.29, 1.82) is 0 Å². The molecule has 0 saturated carbocycles. The molecule has 0 atom stereocenters. The first-order valence-electron chi connectivity index (χ1n) is 19.3. The number of rotatable bonds is 12. The van der Waals surface area contributed by atoms with Crippen LogP contribution >= 0.6 is 11.3 Å². The minimum absolute atomic E-state index is 0.0504. The van der Waals surface area contributed by atoms with Gasteiger partial charge >= 0.3 is 5.97 Å². The number of esters is 1. The van der Waals surface area contributed by atoms with Crippen molar-refractivity contribution in [2.45, 2.75) is 59.1 Å². The summed E-state index contributed by atoms with van der Waals surface area (Å²) in [7, 11) is 5.26. The van der Waals surface area contributed by atoms with Gasteiger partial charge in [0.1, 0.15) is 22.8 Å². The molecule has 17 nitrogen and oxygen atoms in total. The molecule has 1 saturated heterocycles. The average molecular weight is 827 g/mol. The lowest BCUT2D eigenvalue weighted by Crippen LogP contribution is -2.56. The number of carbonyl (C=O) groups is 3. The predicted octanol–water partition coefficient (Wildman–Crippen LogP) is 3.98. The van der Waals surface area contributed by atoms with Gasteiger partial charge in [0, 0.05) is 48.7 Å². The number of amides is 2. The molecule has 0 unspecified atom stereocenters. The minimum atomic E-state index is -0.622. The fourth-order valence-electron chi connectivity index (χ4n) is 6.43. The van der Waals surface area contributed by atoms with Crippen LogP contribution in [0.1, 0.15) is 74.5 Å². The third-order valence-corrected chi connectivity index (χ3v) is 10.3. The molecule has 4 aromatic heterocycles. The van der Waals surface area contributed by atoms with Gasteiger partial charge in [-0.05, 0) is 73.2 Å². The van der Waals surface area contributed by atoms with Gasteiger partial charge in [0.25, 0.3) is 17.4 Å². The third kappa shape index (κ3) is 10.7. The zero-order valence-corrected chi connectivity index (χ0v) is 35.9. The van der Waals surface area contributed by atoms with Crippen LogP contribution in [-0.2, 0) is 26.3 Å². The Morgan fingerprint density at radius 1 is 0.949 bits per heavy atom. The summed E-state index contributed by atoms with van der Waals surface area (Å²) in [5.41, 5.74) is 1.52. The van der Waals surface area contributed by atoms with E-state index in [0.29, 0.717) is 55.1 Å². The summed E-state index contributed by atoms with van der Waals surface area (Å²) in [6, 6.07) is 10.7. The third-order valence-electron chi connectivity index (χ3n) is 9.52. The molecule has 18 heteroatoms. The standard InChI is InChI=1S/C41H51N11O6S/c1-40(2,3)31-26-59-39(42-31)44-37(55)28-16-17-50-33(22-28)43-36(49-20-18-48(19-21-49)34(53)24-52(7,8)25-35(54)58-41(4,5)6)30(38(50)56)14-15-32-45-46-47-51(32)23-27-10-12-29(57-9)13-11-27/h10-17,22,26H,18-21,23-25H2,1-9H3/p+1. The molecule has 0 bridgehead atoms. The number of piperazine rings is 1. The van der Waals surface area contributed by atoms with E-state index in [-0.39, 0.29) is 57.5 Å². The Morgan fingerprint density at radius 3 is 2.31 bits per heavy atom. The van der Waals surface area contributed by atoms with Crippen molar-refractivity contribution in [2.75, 3.05) is 70.7 Å². The van der Waals surface area contributed by atoms with Crippen LogP contribution in [0.4, 0.5) is 10.9 Å². The number of quaternary nitrogens is 1. The van der Waals surface area contributed by atoms with Gasteiger partial charge < -0.3 is 23.8 Å². The highest BCUT2D eigenvalue weighted by atomic mass is 32.1. The van der Waals surface area contributed by atoms with E-state index in [2.05, 4.69) is 46.6 Å². The van der Waals surface area contributed by atoms with Crippen molar-refractivity contribution in [3.05, 3.63) is 86.5 Å². The maximum absolute atomic E-state index is 14.3. The molecule has 1 aliphatic heterocycles. The number of ether oxygens (including phenoxy) is 2. The summed E-state index contributed by atoms with van der Waals surface area (Å²) in [5.74, 6) is 0.687. The normalized spacial score (nSPS) is 13.9. The quantitative estimate of drug-likeness (QED) is 0.142. The second-order valence-corrected chi connectivity index (χ2v) is 18.0. The fraction of sp³-hybridized carbons (Fsp3) is 0.439. The van der Waals surface area contributed by atoms with Crippen molar-refractivity contribution in [3.63, 3.8) is 0 Å². The van der Waals surface area contributed by atoms with E-state index in [0.717, 1.165) is 17.0 Å².